The second kappa shape index (κ2) is 10.1. The van der Waals surface area contributed by atoms with Crippen LogP contribution < -0.4 is 0 Å². The molecular weight excluding hydrogens is 574 g/mol. The molecule has 10 aromatic rings. The minimum Gasteiger partial charge on any atom is -0.456 e. The lowest BCUT2D eigenvalue weighted by atomic mass is 9.95. The second-order valence-electron chi connectivity index (χ2n) is 12.0. The van der Waals surface area contributed by atoms with E-state index in [9.17, 15) is 0 Å². The number of rotatable bonds is 4. The van der Waals surface area contributed by atoms with Crippen molar-refractivity contribution < 1.29 is 4.42 Å². The molecule has 0 aliphatic heterocycles. The number of furan rings is 1. The van der Waals surface area contributed by atoms with E-state index in [1.54, 1.807) is 0 Å². The van der Waals surface area contributed by atoms with Crippen molar-refractivity contribution in [3.8, 4) is 33.9 Å². The Labute approximate surface area is 270 Å². The Morgan fingerprint density at radius 2 is 1.06 bits per heavy atom. The number of hydrogen-bond acceptors (Lipinski definition) is 2. The summed E-state index contributed by atoms with van der Waals surface area (Å²) in [5.41, 5.74) is 11.6. The summed E-state index contributed by atoms with van der Waals surface area (Å²) in [6.07, 6.45) is 0. The van der Waals surface area contributed by atoms with E-state index in [0.717, 1.165) is 66.9 Å². The molecule has 4 nitrogen and oxygen atoms in total. The summed E-state index contributed by atoms with van der Waals surface area (Å²) in [5.74, 6) is 0.878. The Morgan fingerprint density at radius 3 is 1.87 bits per heavy atom. The van der Waals surface area contributed by atoms with Crippen LogP contribution in [0.15, 0.2) is 168 Å². The SMILES string of the molecule is c1ccc(-n2c(-c3cc(-c4ccc5c(c4)c4ccccc4n5-c4ccccc4)c4c(c3)oc3ccccc34)nc3ccccc32)cc1. The smallest absolute Gasteiger partial charge is 0.145 e. The zero-order chi connectivity index (χ0) is 30.9. The summed E-state index contributed by atoms with van der Waals surface area (Å²) in [7, 11) is 0. The molecule has 0 unspecified atom stereocenters. The topological polar surface area (TPSA) is 35.9 Å². The molecule has 0 fully saturated rings. The third-order valence-electron chi connectivity index (χ3n) is 9.31. The molecule has 0 saturated heterocycles. The third kappa shape index (κ3) is 3.92. The monoisotopic (exact) mass is 601 g/mol. The van der Waals surface area contributed by atoms with Crippen LogP contribution in [0.4, 0.5) is 0 Å². The quantitative estimate of drug-likeness (QED) is 0.201. The molecule has 0 aliphatic carbocycles. The molecular formula is C43H27N3O. The second-order valence-corrected chi connectivity index (χ2v) is 12.0. The van der Waals surface area contributed by atoms with Gasteiger partial charge in [0.15, 0.2) is 0 Å². The Balaban J connectivity index is 1.28. The lowest BCUT2D eigenvalue weighted by Crippen LogP contribution is -1.97. The zero-order valence-corrected chi connectivity index (χ0v) is 25.3. The first-order valence-electron chi connectivity index (χ1n) is 15.9. The molecule has 0 atom stereocenters. The van der Waals surface area contributed by atoms with Crippen molar-refractivity contribution in [1.29, 1.82) is 0 Å². The maximum absolute atomic E-state index is 6.57. The number of aromatic nitrogens is 3. The molecule has 0 aliphatic rings. The van der Waals surface area contributed by atoms with Crippen molar-refractivity contribution in [3.63, 3.8) is 0 Å². The van der Waals surface area contributed by atoms with Gasteiger partial charge < -0.3 is 8.98 Å². The lowest BCUT2D eigenvalue weighted by molar-refractivity contribution is 0.669. The van der Waals surface area contributed by atoms with Gasteiger partial charge in [0.05, 0.1) is 22.1 Å². The molecule has 0 N–H and O–H groups in total. The number of benzene rings is 7. The molecule has 47 heavy (non-hydrogen) atoms. The van der Waals surface area contributed by atoms with E-state index in [4.69, 9.17) is 9.40 Å². The fourth-order valence-corrected chi connectivity index (χ4v) is 7.26. The minimum absolute atomic E-state index is 0.845. The van der Waals surface area contributed by atoms with E-state index in [-0.39, 0.29) is 0 Å². The molecule has 0 amide bonds. The van der Waals surface area contributed by atoms with Gasteiger partial charge in [-0.2, -0.15) is 0 Å². The van der Waals surface area contributed by atoms with E-state index >= 15 is 0 Å². The maximum atomic E-state index is 6.57. The van der Waals surface area contributed by atoms with Gasteiger partial charge in [0.2, 0.25) is 0 Å². The van der Waals surface area contributed by atoms with Crippen LogP contribution in [-0.4, -0.2) is 14.1 Å². The predicted octanol–water partition coefficient (Wildman–Crippen LogP) is 11.4. The van der Waals surface area contributed by atoms with Crippen molar-refractivity contribution in [2.45, 2.75) is 0 Å². The maximum Gasteiger partial charge on any atom is 0.145 e. The summed E-state index contributed by atoms with van der Waals surface area (Å²) < 4.78 is 11.2. The van der Waals surface area contributed by atoms with Gasteiger partial charge in [0.1, 0.15) is 17.0 Å². The van der Waals surface area contributed by atoms with E-state index in [1.165, 1.54) is 21.8 Å². The van der Waals surface area contributed by atoms with E-state index in [0.29, 0.717) is 0 Å². The first-order valence-corrected chi connectivity index (χ1v) is 15.9. The van der Waals surface area contributed by atoms with E-state index < -0.39 is 0 Å². The summed E-state index contributed by atoms with van der Waals surface area (Å²) in [5, 5.41) is 4.65. The van der Waals surface area contributed by atoms with Crippen LogP contribution >= 0.6 is 0 Å². The van der Waals surface area contributed by atoms with Gasteiger partial charge in [0, 0.05) is 38.5 Å². The molecule has 0 radical (unpaired) electrons. The Hall–Kier alpha value is -6.39. The summed E-state index contributed by atoms with van der Waals surface area (Å²) in [6.45, 7) is 0. The highest BCUT2D eigenvalue weighted by molar-refractivity contribution is 6.16. The van der Waals surface area contributed by atoms with Crippen molar-refractivity contribution in [2.24, 2.45) is 0 Å². The average molecular weight is 602 g/mol. The fourth-order valence-electron chi connectivity index (χ4n) is 7.26. The van der Waals surface area contributed by atoms with Gasteiger partial charge in [-0.3, -0.25) is 4.57 Å². The standard InChI is InChI=1S/C43H27N3O/c1-3-13-30(14-4-1)45-37-20-10-7-17-32(37)35-25-28(23-24-38(35)45)34-26-29(27-41-42(34)33-18-8-12-22-40(33)47-41)43-44-36-19-9-11-21-39(36)46(43)31-15-5-2-6-16-31/h1-27H. The predicted molar refractivity (Wildman–Crippen MR) is 194 cm³/mol. The minimum atomic E-state index is 0.845. The molecule has 3 heterocycles. The van der Waals surface area contributed by atoms with Crippen LogP contribution in [0.1, 0.15) is 0 Å². The third-order valence-corrected chi connectivity index (χ3v) is 9.31. The molecule has 7 aromatic carbocycles. The summed E-state index contributed by atoms with van der Waals surface area (Å²) in [6, 6.07) is 57.7. The van der Waals surface area contributed by atoms with Crippen molar-refractivity contribution in [1.82, 2.24) is 14.1 Å². The molecule has 10 rings (SSSR count). The van der Waals surface area contributed by atoms with Crippen LogP contribution in [0.25, 0.3) is 88.7 Å². The normalized spacial score (nSPS) is 11.8. The molecule has 3 aromatic heterocycles. The molecule has 4 heteroatoms. The first kappa shape index (κ1) is 25.9. The summed E-state index contributed by atoms with van der Waals surface area (Å²) >= 11 is 0. The molecule has 220 valence electrons. The fraction of sp³-hybridized carbons (Fsp3) is 0. The number of fused-ring (bicyclic) bond motifs is 7. The molecule has 0 bridgehead atoms. The van der Waals surface area contributed by atoms with Crippen LogP contribution in [0, 0.1) is 0 Å². The number of imidazole rings is 1. The lowest BCUT2D eigenvalue weighted by Gasteiger charge is -2.12. The first-order chi connectivity index (χ1) is 23.3. The number of hydrogen-bond donors (Lipinski definition) is 0. The van der Waals surface area contributed by atoms with Gasteiger partial charge in [-0.05, 0) is 83.9 Å². The Kier molecular flexibility index (Phi) is 5.54. The molecule has 0 spiro atoms. The van der Waals surface area contributed by atoms with Gasteiger partial charge in [-0.15, -0.1) is 0 Å². The highest BCUT2D eigenvalue weighted by Crippen LogP contribution is 2.43. The van der Waals surface area contributed by atoms with Crippen molar-refractivity contribution in [3.05, 3.63) is 164 Å². The van der Waals surface area contributed by atoms with Crippen LogP contribution in [-0.2, 0) is 0 Å². The number of nitrogens with zero attached hydrogens (tertiary/aromatic N) is 3. The van der Waals surface area contributed by atoms with Gasteiger partial charge >= 0.3 is 0 Å². The van der Waals surface area contributed by atoms with Crippen LogP contribution in [0.2, 0.25) is 0 Å². The largest absolute Gasteiger partial charge is 0.456 e. The van der Waals surface area contributed by atoms with E-state index in [1.807, 2.05) is 18.2 Å². The van der Waals surface area contributed by atoms with Gasteiger partial charge in [0.25, 0.3) is 0 Å². The summed E-state index contributed by atoms with van der Waals surface area (Å²) in [4.78, 5) is 5.20. The Bertz CT molecular complexity index is 2780. The van der Waals surface area contributed by atoms with Crippen LogP contribution in [0.3, 0.4) is 0 Å². The van der Waals surface area contributed by atoms with E-state index in [2.05, 4.69) is 155 Å². The van der Waals surface area contributed by atoms with Crippen molar-refractivity contribution in [2.75, 3.05) is 0 Å². The highest BCUT2D eigenvalue weighted by atomic mass is 16.3. The van der Waals surface area contributed by atoms with Crippen LogP contribution in [0.5, 0.6) is 0 Å². The average Bonchev–Trinajstić information content (AvgIpc) is 3.81. The zero-order valence-electron chi connectivity index (χ0n) is 25.3. The van der Waals surface area contributed by atoms with Gasteiger partial charge in [-0.1, -0.05) is 91.0 Å². The number of para-hydroxylation sites is 6. The van der Waals surface area contributed by atoms with Gasteiger partial charge in [-0.25, -0.2) is 4.98 Å². The van der Waals surface area contributed by atoms with Crippen molar-refractivity contribution >= 4 is 54.8 Å². The highest BCUT2D eigenvalue weighted by Gasteiger charge is 2.21. The molecule has 0 saturated carbocycles. The Morgan fingerprint density at radius 1 is 0.426 bits per heavy atom.